The van der Waals surface area contributed by atoms with E-state index in [1.807, 2.05) is 25.1 Å². The Bertz CT molecular complexity index is 891. The lowest BCUT2D eigenvalue weighted by Gasteiger charge is -2.27. The van der Waals surface area contributed by atoms with Crippen LogP contribution < -0.4 is 10.1 Å². The van der Waals surface area contributed by atoms with Crippen molar-refractivity contribution in [1.29, 1.82) is 0 Å². The summed E-state index contributed by atoms with van der Waals surface area (Å²) < 4.78 is 13.3. The van der Waals surface area contributed by atoms with Crippen LogP contribution in [0.5, 0.6) is 5.75 Å². The highest BCUT2D eigenvalue weighted by molar-refractivity contribution is 5.85. The van der Waals surface area contributed by atoms with Crippen LogP contribution in [0.4, 0.5) is 5.95 Å². The number of hydrogen-bond donors (Lipinski definition) is 1. The molecule has 3 aromatic rings. The largest absolute Gasteiger partial charge is 0.494 e. The summed E-state index contributed by atoms with van der Waals surface area (Å²) in [5.41, 5.74) is 3.40. The van der Waals surface area contributed by atoms with Crippen LogP contribution in [0.15, 0.2) is 48.5 Å². The first kappa shape index (κ1) is 21.4. The summed E-state index contributed by atoms with van der Waals surface area (Å²) in [5.74, 6) is 1.83. The molecule has 2 aromatic carbocycles. The van der Waals surface area contributed by atoms with E-state index in [2.05, 4.69) is 45.1 Å². The van der Waals surface area contributed by atoms with Crippen LogP contribution in [0.25, 0.3) is 11.0 Å². The molecule has 0 bridgehead atoms. The number of rotatable bonds is 8. The van der Waals surface area contributed by atoms with Gasteiger partial charge in [0.15, 0.2) is 0 Å². The molecular weight excluding hydrogens is 388 g/mol. The molecule has 0 spiro atoms. The van der Waals surface area contributed by atoms with Crippen LogP contribution in [0, 0.1) is 0 Å². The summed E-state index contributed by atoms with van der Waals surface area (Å²) in [6.45, 7) is 8.98. The fourth-order valence-corrected chi connectivity index (χ4v) is 3.55. The van der Waals surface area contributed by atoms with Gasteiger partial charge in [-0.05, 0) is 36.8 Å². The van der Waals surface area contributed by atoms with Crippen molar-refractivity contribution in [2.24, 2.45) is 0 Å². The van der Waals surface area contributed by atoms with Gasteiger partial charge < -0.3 is 19.4 Å². The Balaban J connectivity index is 0.00000240. The van der Waals surface area contributed by atoms with Gasteiger partial charge in [0.25, 0.3) is 0 Å². The number of ether oxygens (including phenoxy) is 2. The monoisotopic (exact) mass is 416 g/mol. The molecule has 0 saturated carbocycles. The summed E-state index contributed by atoms with van der Waals surface area (Å²) in [6.07, 6.45) is 0. The molecule has 0 atom stereocenters. The first-order chi connectivity index (χ1) is 13.8. The van der Waals surface area contributed by atoms with E-state index in [9.17, 15) is 0 Å². The van der Waals surface area contributed by atoms with E-state index < -0.39 is 0 Å². The molecule has 29 heavy (non-hydrogen) atoms. The average Bonchev–Trinajstić information content (AvgIpc) is 3.10. The zero-order valence-electron chi connectivity index (χ0n) is 16.8. The van der Waals surface area contributed by atoms with Crippen molar-refractivity contribution < 1.29 is 9.47 Å². The van der Waals surface area contributed by atoms with E-state index in [1.165, 1.54) is 11.1 Å². The van der Waals surface area contributed by atoms with E-state index in [0.29, 0.717) is 6.61 Å². The van der Waals surface area contributed by atoms with Crippen LogP contribution >= 0.6 is 12.4 Å². The number of nitrogens with one attached hydrogen (secondary N) is 1. The third-order valence-corrected chi connectivity index (χ3v) is 5.08. The lowest BCUT2D eigenvalue weighted by atomic mass is 10.2. The minimum Gasteiger partial charge on any atom is -0.494 e. The highest BCUT2D eigenvalue weighted by Gasteiger charge is 2.14. The predicted octanol–water partition coefficient (Wildman–Crippen LogP) is 3.80. The minimum absolute atomic E-state index is 0. The van der Waals surface area contributed by atoms with Crippen LogP contribution in [0.1, 0.15) is 12.5 Å². The van der Waals surface area contributed by atoms with Gasteiger partial charge in [0.2, 0.25) is 5.95 Å². The summed E-state index contributed by atoms with van der Waals surface area (Å²) in [4.78, 5) is 7.28. The van der Waals surface area contributed by atoms with Crippen LogP contribution in [0.2, 0.25) is 0 Å². The molecule has 0 amide bonds. The number of fused-ring (bicyclic) bond motifs is 1. The normalized spacial score (nSPS) is 14.5. The Morgan fingerprint density at radius 3 is 2.55 bits per heavy atom. The number of halogens is 1. The Morgan fingerprint density at radius 2 is 1.79 bits per heavy atom. The van der Waals surface area contributed by atoms with Gasteiger partial charge in [-0.2, -0.15) is 0 Å². The summed E-state index contributed by atoms with van der Waals surface area (Å²) in [5, 5.41) is 3.53. The molecule has 7 heteroatoms. The highest BCUT2D eigenvalue weighted by Crippen LogP contribution is 2.21. The molecular formula is C22H29ClN4O2. The SMILES string of the molecule is CCOc1ccc(CNc2nc3ccccc3n2CCN2CCOCC2)cc1.Cl. The first-order valence-electron chi connectivity index (χ1n) is 10.0. The number of para-hydroxylation sites is 2. The first-order valence-corrected chi connectivity index (χ1v) is 10.0. The van der Waals surface area contributed by atoms with Crippen molar-refractivity contribution in [2.45, 2.75) is 20.0 Å². The number of anilines is 1. The third-order valence-electron chi connectivity index (χ3n) is 5.08. The predicted molar refractivity (Wildman–Crippen MR) is 119 cm³/mol. The molecule has 0 aliphatic carbocycles. The quantitative estimate of drug-likeness (QED) is 0.605. The number of benzene rings is 2. The lowest BCUT2D eigenvalue weighted by molar-refractivity contribution is 0.0366. The second kappa shape index (κ2) is 10.5. The summed E-state index contributed by atoms with van der Waals surface area (Å²) in [7, 11) is 0. The second-order valence-electron chi connectivity index (χ2n) is 6.96. The molecule has 4 rings (SSSR count). The van der Waals surface area contributed by atoms with Crippen molar-refractivity contribution in [1.82, 2.24) is 14.5 Å². The fourth-order valence-electron chi connectivity index (χ4n) is 3.55. The molecule has 2 heterocycles. The van der Waals surface area contributed by atoms with Gasteiger partial charge >= 0.3 is 0 Å². The molecule has 156 valence electrons. The van der Waals surface area contributed by atoms with Crippen LogP contribution in [0.3, 0.4) is 0 Å². The Hall–Kier alpha value is -2.28. The number of nitrogens with zero attached hydrogens (tertiary/aromatic N) is 3. The zero-order valence-corrected chi connectivity index (χ0v) is 17.7. The molecule has 1 aliphatic rings. The van der Waals surface area contributed by atoms with E-state index in [-0.39, 0.29) is 12.4 Å². The van der Waals surface area contributed by atoms with Gasteiger partial charge in [-0.25, -0.2) is 4.98 Å². The van der Waals surface area contributed by atoms with E-state index in [0.717, 1.165) is 63.2 Å². The average molecular weight is 417 g/mol. The molecule has 1 N–H and O–H groups in total. The van der Waals surface area contributed by atoms with E-state index in [1.54, 1.807) is 0 Å². The topological polar surface area (TPSA) is 51.5 Å². The van der Waals surface area contributed by atoms with Crippen molar-refractivity contribution >= 4 is 29.4 Å². The Labute approximate surface area is 178 Å². The van der Waals surface area contributed by atoms with Gasteiger partial charge in [0.05, 0.1) is 30.9 Å². The third kappa shape index (κ3) is 5.41. The molecule has 1 saturated heterocycles. The highest BCUT2D eigenvalue weighted by atomic mass is 35.5. The van der Waals surface area contributed by atoms with Crippen molar-refractivity contribution in [2.75, 3.05) is 44.8 Å². The van der Waals surface area contributed by atoms with E-state index >= 15 is 0 Å². The van der Waals surface area contributed by atoms with Gasteiger partial charge in [-0.3, -0.25) is 4.90 Å². The van der Waals surface area contributed by atoms with Crippen molar-refractivity contribution in [3.8, 4) is 5.75 Å². The van der Waals surface area contributed by atoms with Crippen LogP contribution in [-0.2, 0) is 17.8 Å². The molecule has 1 aliphatic heterocycles. The maximum atomic E-state index is 5.52. The molecule has 6 nitrogen and oxygen atoms in total. The van der Waals surface area contributed by atoms with Gasteiger partial charge in [0.1, 0.15) is 5.75 Å². The number of morpholine rings is 1. The zero-order chi connectivity index (χ0) is 19.2. The lowest BCUT2D eigenvalue weighted by Crippen LogP contribution is -2.38. The fraction of sp³-hybridized carbons (Fsp3) is 0.409. The van der Waals surface area contributed by atoms with E-state index in [4.69, 9.17) is 14.5 Å². The van der Waals surface area contributed by atoms with Crippen LogP contribution in [-0.4, -0.2) is 53.9 Å². The Kier molecular flexibility index (Phi) is 7.75. The molecule has 1 fully saturated rings. The molecule has 1 aromatic heterocycles. The molecule has 0 unspecified atom stereocenters. The van der Waals surface area contributed by atoms with Crippen molar-refractivity contribution in [3.05, 3.63) is 54.1 Å². The smallest absolute Gasteiger partial charge is 0.204 e. The van der Waals surface area contributed by atoms with Gasteiger partial charge in [0, 0.05) is 32.7 Å². The van der Waals surface area contributed by atoms with Crippen molar-refractivity contribution in [3.63, 3.8) is 0 Å². The summed E-state index contributed by atoms with van der Waals surface area (Å²) in [6, 6.07) is 16.6. The maximum absolute atomic E-state index is 5.52. The number of imidazole rings is 1. The maximum Gasteiger partial charge on any atom is 0.204 e. The van der Waals surface area contributed by atoms with Gasteiger partial charge in [-0.15, -0.1) is 12.4 Å². The molecule has 0 radical (unpaired) electrons. The number of aromatic nitrogens is 2. The number of hydrogen-bond acceptors (Lipinski definition) is 5. The van der Waals surface area contributed by atoms with Gasteiger partial charge in [-0.1, -0.05) is 24.3 Å². The second-order valence-corrected chi connectivity index (χ2v) is 6.96. The standard InChI is InChI=1S/C22H28N4O2.ClH/c1-2-28-19-9-7-18(8-10-19)17-23-22-24-20-5-3-4-6-21(20)26(22)12-11-25-13-15-27-16-14-25;/h3-10H,2,11-17H2,1H3,(H,23,24);1H. The summed E-state index contributed by atoms with van der Waals surface area (Å²) >= 11 is 0. The minimum atomic E-state index is 0. The Morgan fingerprint density at radius 1 is 1.03 bits per heavy atom.